The summed E-state index contributed by atoms with van der Waals surface area (Å²) in [5.41, 5.74) is 1.20. The summed E-state index contributed by atoms with van der Waals surface area (Å²) in [5.74, 6) is -0.431. The summed E-state index contributed by atoms with van der Waals surface area (Å²) in [6.07, 6.45) is 1.45. The van der Waals surface area contributed by atoms with Crippen LogP contribution in [0, 0.1) is 0 Å². The van der Waals surface area contributed by atoms with Crippen LogP contribution in [0.5, 0.6) is 0 Å². The lowest BCUT2D eigenvalue weighted by molar-refractivity contribution is 0.0295. The van der Waals surface area contributed by atoms with E-state index < -0.39 is 5.91 Å². The van der Waals surface area contributed by atoms with Crippen molar-refractivity contribution in [1.29, 1.82) is 0 Å². The quantitative estimate of drug-likeness (QED) is 0.619. The van der Waals surface area contributed by atoms with Crippen molar-refractivity contribution in [2.45, 2.75) is 13.5 Å². The van der Waals surface area contributed by atoms with E-state index in [1.165, 1.54) is 12.3 Å². The highest BCUT2D eigenvalue weighted by Crippen LogP contribution is 2.31. The second-order valence-electron chi connectivity index (χ2n) is 6.78. The van der Waals surface area contributed by atoms with E-state index in [2.05, 4.69) is 15.6 Å². The highest BCUT2D eigenvalue weighted by atomic mass is 35.5. The molecule has 0 radical (unpaired) electrons. The Kier molecular flexibility index (Phi) is 6.26. The average molecular weight is 464 g/mol. The zero-order chi connectivity index (χ0) is 22.0. The van der Waals surface area contributed by atoms with Gasteiger partial charge in [0, 0.05) is 36.3 Å². The number of ether oxygens (including phenoxy) is 1. The number of amides is 2. The van der Waals surface area contributed by atoms with Crippen molar-refractivity contribution in [2.75, 3.05) is 31.6 Å². The van der Waals surface area contributed by atoms with Crippen molar-refractivity contribution < 1.29 is 18.8 Å². The topological polar surface area (TPSA) is 102 Å². The second-order valence-corrected chi connectivity index (χ2v) is 7.63. The molecule has 0 aliphatic carbocycles. The van der Waals surface area contributed by atoms with Crippen molar-refractivity contribution in [1.82, 2.24) is 19.8 Å². The second kappa shape index (κ2) is 9.09. The molecule has 2 amide bonds. The van der Waals surface area contributed by atoms with Crippen molar-refractivity contribution in [3.8, 4) is 11.3 Å². The van der Waals surface area contributed by atoms with Crippen LogP contribution in [0.25, 0.3) is 11.3 Å². The number of benzene rings is 1. The van der Waals surface area contributed by atoms with E-state index in [1.54, 1.807) is 27.8 Å². The molecule has 162 valence electrons. The third kappa shape index (κ3) is 4.43. The number of aryl methyl sites for hydroxylation is 1. The number of carbonyl (C=O) groups excluding carboxylic acids is 2. The smallest absolute Gasteiger partial charge is 0.277 e. The Morgan fingerprint density at radius 3 is 2.68 bits per heavy atom. The molecule has 11 heteroatoms. The third-order valence-electron chi connectivity index (χ3n) is 4.83. The standard InChI is InChI=1S/C20H19Cl2N5O4/c1-2-27-18(20(29)26-5-7-30-8-6-26)16(11-23-27)24-19(28)15-10-17(31-25-15)13-4-3-12(21)9-14(13)22/h3-4,9-11H,2,5-8H2,1H3,(H,24,28). The Balaban J connectivity index is 1.56. The molecule has 3 heterocycles. The molecule has 1 fully saturated rings. The number of hydrogen-bond acceptors (Lipinski definition) is 6. The lowest BCUT2D eigenvalue weighted by atomic mass is 10.1. The molecule has 2 aromatic heterocycles. The monoisotopic (exact) mass is 463 g/mol. The van der Waals surface area contributed by atoms with Gasteiger partial charge in [0.05, 0.1) is 30.1 Å². The number of aromatic nitrogens is 3. The Hall–Kier alpha value is -2.88. The lowest BCUT2D eigenvalue weighted by Gasteiger charge is -2.27. The van der Waals surface area contributed by atoms with E-state index in [0.29, 0.717) is 65.6 Å². The molecular weight excluding hydrogens is 445 g/mol. The molecule has 0 unspecified atom stereocenters. The van der Waals surface area contributed by atoms with Crippen LogP contribution in [-0.4, -0.2) is 58.0 Å². The molecule has 1 aliphatic heterocycles. The number of morpholine rings is 1. The number of hydrogen-bond donors (Lipinski definition) is 1. The van der Waals surface area contributed by atoms with Crippen LogP contribution >= 0.6 is 23.2 Å². The van der Waals surface area contributed by atoms with Crippen molar-refractivity contribution in [3.63, 3.8) is 0 Å². The van der Waals surface area contributed by atoms with E-state index in [1.807, 2.05) is 6.92 Å². The number of anilines is 1. The van der Waals surface area contributed by atoms with Crippen LogP contribution in [0.3, 0.4) is 0 Å². The molecule has 1 aliphatic rings. The summed E-state index contributed by atoms with van der Waals surface area (Å²) in [7, 11) is 0. The van der Waals surface area contributed by atoms with E-state index in [9.17, 15) is 9.59 Å². The minimum atomic E-state index is -0.535. The van der Waals surface area contributed by atoms with Crippen LogP contribution < -0.4 is 5.32 Å². The number of nitrogens with one attached hydrogen (secondary N) is 1. The summed E-state index contributed by atoms with van der Waals surface area (Å²) in [6.45, 7) is 4.26. The first kappa shape index (κ1) is 21.4. The van der Waals surface area contributed by atoms with Gasteiger partial charge in [0.15, 0.2) is 11.5 Å². The zero-order valence-electron chi connectivity index (χ0n) is 16.6. The van der Waals surface area contributed by atoms with Gasteiger partial charge in [-0.25, -0.2) is 0 Å². The van der Waals surface area contributed by atoms with Gasteiger partial charge < -0.3 is 19.5 Å². The maximum Gasteiger partial charge on any atom is 0.277 e. The Labute approximate surface area is 187 Å². The predicted octanol–water partition coefficient (Wildman–Crippen LogP) is 3.59. The molecule has 0 spiro atoms. The zero-order valence-corrected chi connectivity index (χ0v) is 18.1. The normalized spacial score (nSPS) is 14.0. The summed E-state index contributed by atoms with van der Waals surface area (Å²) in [4.78, 5) is 27.5. The average Bonchev–Trinajstić information content (AvgIpc) is 3.41. The fourth-order valence-corrected chi connectivity index (χ4v) is 3.74. The molecule has 31 heavy (non-hydrogen) atoms. The molecule has 0 bridgehead atoms. The van der Waals surface area contributed by atoms with E-state index in [0.717, 1.165) is 0 Å². The fraction of sp³-hybridized carbons (Fsp3) is 0.300. The highest BCUT2D eigenvalue weighted by molar-refractivity contribution is 6.36. The lowest BCUT2D eigenvalue weighted by Crippen LogP contribution is -2.41. The summed E-state index contributed by atoms with van der Waals surface area (Å²) < 4.78 is 12.1. The first-order chi connectivity index (χ1) is 15.0. The molecule has 9 nitrogen and oxygen atoms in total. The Morgan fingerprint density at radius 2 is 1.97 bits per heavy atom. The molecule has 3 aromatic rings. The van der Waals surface area contributed by atoms with Gasteiger partial charge in [0.1, 0.15) is 5.69 Å². The largest absolute Gasteiger partial charge is 0.378 e. The van der Waals surface area contributed by atoms with Gasteiger partial charge in [-0.3, -0.25) is 14.3 Å². The SMILES string of the molecule is CCn1ncc(NC(=O)c2cc(-c3ccc(Cl)cc3Cl)on2)c1C(=O)N1CCOCC1. The number of halogens is 2. The number of carbonyl (C=O) groups is 2. The third-order valence-corrected chi connectivity index (χ3v) is 5.38. The summed E-state index contributed by atoms with van der Waals surface area (Å²) in [5, 5.41) is 11.6. The summed E-state index contributed by atoms with van der Waals surface area (Å²) >= 11 is 12.1. The first-order valence-electron chi connectivity index (χ1n) is 9.64. The number of rotatable bonds is 5. The molecule has 1 saturated heterocycles. The van der Waals surface area contributed by atoms with E-state index in [-0.39, 0.29) is 11.6 Å². The number of nitrogens with zero attached hydrogens (tertiary/aromatic N) is 4. The molecular formula is C20H19Cl2N5O4. The van der Waals surface area contributed by atoms with E-state index >= 15 is 0 Å². The molecule has 4 rings (SSSR count). The predicted molar refractivity (Wildman–Crippen MR) is 115 cm³/mol. The molecule has 0 saturated carbocycles. The highest BCUT2D eigenvalue weighted by Gasteiger charge is 2.27. The molecule has 1 N–H and O–H groups in total. The Bertz CT molecular complexity index is 1120. The van der Waals surface area contributed by atoms with Gasteiger partial charge in [-0.05, 0) is 25.1 Å². The van der Waals surface area contributed by atoms with Gasteiger partial charge in [-0.15, -0.1) is 0 Å². The van der Waals surface area contributed by atoms with Crippen molar-refractivity contribution in [3.05, 3.63) is 51.9 Å². The van der Waals surface area contributed by atoms with Crippen LogP contribution in [-0.2, 0) is 11.3 Å². The van der Waals surface area contributed by atoms with Gasteiger partial charge in [-0.1, -0.05) is 28.4 Å². The minimum absolute atomic E-state index is 0.0371. The first-order valence-corrected chi connectivity index (χ1v) is 10.4. The minimum Gasteiger partial charge on any atom is -0.378 e. The van der Waals surface area contributed by atoms with Crippen LogP contribution in [0.4, 0.5) is 5.69 Å². The Morgan fingerprint density at radius 1 is 1.19 bits per heavy atom. The molecule has 0 atom stereocenters. The van der Waals surface area contributed by atoms with Crippen molar-refractivity contribution >= 4 is 40.7 Å². The van der Waals surface area contributed by atoms with Crippen molar-refractivity contribution in [2.24, 2.45) is 0 Å². The van der Waals surface area contributed by atoms with Crippen LogP contribution in [0.15, 0.2) is 35.0 Å². The maximum absolute atomic E-state index is 13.0. The molecule has 1 aromatic carbocycles. The fourth-order valence-electron chi connectivity index (χ4n) is 3.24. The van der Waals surface area contributed by atoms with Crippen LogP contribution in [0.2, 0.25) is 10.0 Å². The van der Waals surface area contributed by atoms with Gasteiger partial charge in [-0.2, -0.15) is 5.10 Å². The van der Waals surface area contributed by atoms with Crippen LogP contribution in [0.1, 0.15) is 27.9 Å². The summed E-state index contributed by atoms with van der Waals surface area (Å²) in [6, 6.07) is 6.38. The van der Waals surface area contributed by atoms with E-state index in [4.69, 9.17) is 32.5 Å². The maximum atomic E-state index is 13.0. The van der Waals surface area contributed by atoms with Gasteiger partial charge in [0.2, 0.25) is 0 Å². The van der Waals surface area contributed by atoms with Gasteiger partial charge in [0.25, 0.3) is 11.8 Å². The van der Waals surface area contributed by atoms with Gasteiger partial charge >= 0.3 is 0 Å².